The molecule has 7 nitrogen and oxygen atoms in total. The van der Waals surface area contributed by atoms with Gasteiger partial charge >= 0.3 is 11.9 Å². The molecule has 29 heavy (non-hydrogen) atoms. The minimum absolute atomic E-state index is 0.251. The molecule has 0 fully saturated rings. The van der Waals surface area contributed by atoms with E-state index in [0.717, 1.165) is 31.4 Å². The van der Waals surface area contributed by atoms with E-state index in [2.05, 4.69) is 5.32 Å². The molecule has 1 aromatic carbocycles. The minimum atomic E-state index is -0.806. The van der Waals surface area contributed by atoms with Gasteiger partial charge in [-0.2, -0.15) is 0 Å². The number of amides is 1. The van der Waals surface area contributed by atoms with Crippen LogP contribution >= 0.6 is 0 Å². The maximum Gasteiger partial charge on any atom is 0.328 e. The van der Waals surface area contributed by atoms with Gasteiger partial charge in [-0.05, 0) is 43.2 Å². The third-order valence-electron chi connectivity index (χ3n) is 4.93. The summed E-state index contributed by atoms with van der Waals surface area (Å²) in [5, 5.41) is 2.79. The lowest BCUT2D eigenvalue weighted by Crippen LogP contribution is -2.44. The topological polar surface area (TPSA) is 84.9 Å². The highest BCUT2D eigenvalue weighted by Crippen LogP contribution is 2.18. The van der Waals surface area contributed by atoms with Crippen LogP contribution < -0.4 is 10.1 Å². The first-order valence-corrected chi connectivity index (χ1v) is 9.86. The van der Waals surface area contributed by atoms with Crippen molar-refractivity contribution >= 4 is 17.8 Å². The number of nitrogens with zero attached hydrogens (tertiary/aromatic N) is 1. The van der Waals surface area contributed by atoms with Crippen LogP contribution in [0.2, 0.25) is 0 Å². The number of fused-ring (bicyclic) bond motifs is 11. The summed E-state index contributed by atoms with van der Waals surface area (Å²) in [7, 11) is 1.30. The molecule has 1 atom stereocenters. The molecule has 3 aliphatic heterocycles. The van der Waals surface area contributed by atoms with E-state index >= 15 is 0 Å². The fourth-order valence-electron chi connectivity index (χ4n) is 3.34. The van der Waals surface area contributed by atoms with Gasteiger partial charge in [0.1, 0.15) is 11.8 Å². The molecule has 154 valence electrons. The van der Waals surface area contributed by atoms with Gasteiger partial charge in [-0.1, -0.05) is 24.6 Å². The first-order chi connectivity index (χ1) is 14.0. The number of carbonyl (C=O) groups excluding carboxylic acids is 3. The summed E-state index contributed by atoms with van der Waals surface area (Å²) in [5.74, 6) is -0.568. The second-order valence-electron chi connectivity index (χ2n) is 7.16. The number of methoxy groups -OCH3 is 1. The fourth-order valence-corrected chi connectivity index (χ4v) is 3.34. The molecule has 1 aromatic rings. The first-order valence-electron chi connectivity index (χ1n) is 9.86. The lowest BCUT2D eigenvalue weighted by Gasteiger charge is -2.23. The molecule has 0 saturated carbocycles. The Morgan fingerprint density at radius 1 is 1.17 bits per heavy atom. The van der Waals surface area contributed by atoms with Crippen LogP contribution in [0.25, 0.3) is 0 Å². The second-order valence-corrected chi connectivity index (χ2v) is 7.16. The van der Waals surface area contributed by atoms with Crippen molar-refractivity contribution in [2.75, 3.05) is 13.7 Å². The van der Waals surface area contributed by atoms with Crippen LogP contribution in [0, 0.1) is 0 Å². The van der Waals surface area contributed by atoms with E-state index in [1.807, 2.05) is 23.4 Å². The number of ether oxygens (including phenoxy) is 2. The Kier molecular flexibility index (Phi) is 7.05. The monoisotopic (exact) mass is 398 g/mol. The molecular formula is C22H26N2O5. The summed E-state index contributed by atoms with van der Waals surface area (Å²) in [6, 6.07) is 6.13. The smallest absolute Gasteiger partial charge is 0.328 e. The third-order valence-corrected chi connectivity index (χ3v) is 4.93. The van der Waals surface area contributed by atoms with Crippen LogP contribution in [-0.4, -0.2) is 42.4 Å². The van der Waals surface area contributed by atoms with E-state index in [1.165, 1.54) is 7.11 Å². The Hall–Kier alpha value is -3.09. The van der Waals surface area contributed by atoms with E-state index in [4.69, 9.17) is 9.47 Å². The standard InChI is InChI=1S/C22H26N2O5/c1-28-22(27)19-14-16-8-10-18(11-9-16)29-20(25)7-3-2-4-12-24-13-5-6-17(15-24)21(26)23-19/h5,8-11,13,15,19H,2-4,6-7,12,14H2,1H3,(H,23,26)/t19-/m0/s1. The normalized spacial score (nSPS) is 20.8. The molecule has 1 N–H and O–H groups in total. The molecule has 3 aliphatic rings. The van der Waals surface area contributed by atoms with Gasteiger partial charge in [0.15, 0.2) is 0 Å². The summed E-state index contributed by atoms with van der Waals surface area (Å²) in [6.45, 7) is 0.754. The molecule has 0 unspecified atom stereocenters. The van der Waals surface area contributed by atoms with Crippen LogP contribution in [0.4, 0.5) is 0 Å². The Morgan fingerprint density at radius 2 is 1.97 bits per heavy atom. The number of hydrogen-bond acceptors (Lipinski definition) is 6. The predicted molar refractivity (Wildman–Crippen MR) is 107 cm³/mol. The average Bonchev–Trinajstić information content (AvgIpc) is 2.73. The number of benzene rings is 1. The van der Waals surface area contributed by atoms with Crippen molar-refractivity contribution in [3.63, 3.8) is 0 Å². The van der Waals surface area contributed by atoms with Gasteiger partial charge in [0.25, 0.3) is 0 Å². The highest BCUT2D eigenvalue weighted by molar-refractivity contribution is 5.96. The molecule has 0 aliphatic carbocycles. The number of rotatable bonds is 1. The number of carbonyl (C=O) groups is 3. The largest absolute Gasteiger partial charge is 0.467 e. The Labute approximate surface area is 170 Å². The molecule has 7 heteroatoms. The number of nitrogens with one attached hydrogen (secondary N) is 1. The van der Waals surface area contributed by atoms with Crippen molar-refractivity contribution in [3.05, 3.63) is 53.9 Å². The Bertz CT molecular complexity index is 813. The second kappa shape index (κ2) is 9.91. The summed E-state index contributed by atoms with van der Waals surface area (Å²) in [5.41, 5.74) is 1.42. The van der Waals surface area contributed by atoms with Crippen molar-refractivity contribution in [1.29, 1.82) is 0 Å². The van der Waals surface area contributed by atoms with E-state index in [1.54, 1.807) is 24.3 Å². The van der Waals surface area contributed by atoms with E-state index in [-0.39, 0.29) is 18.3 Å². The van der Waals surface area contributed by atoms with Crippen molar-refractivity contribution in [2.45, 2.75) is 44.6 Å². The minimum Gasteiger partial charge on any atom is -0.467 e. The van der Waals surface area contributed by atoms with Gasteiger partial charge < -0.3 is 19.7 Å². The van der Waals surface area contributed by atoms with E-state index in [9.17, 15) is 14.4 Å². The molecular weight excluding hydrogens is 372 g/mol. The highest BCUT2D eigenvalue weighted by atomic mass is 16.5. The molecule has 1 amide bonds. The van der Waals surface area contributed by atoms with Gasteiger partial charge in [-0.3, -0.25) is 9.59 Å². The first kappa shape index (κ1) is 20.6. The zero-order chi connectivity index (χ0) is 20.6. The van der Waals surface area contributed by atoms with Crippen LogP contribution in [0.15, 0.2) is 48.3 Å². The summed E-state index contributed by atoms with van der Waals surface area (Å²) in [6.07, 6.45) is 9.38. The van der Waals surface area contributed by atoms with E-state index in [0.29, 0.717) is 24.2 Å². The van der Waals surface area contributed by atoms with Crippen molar-refractivity contribution in [3.8, 4) is 5.75 Å². The molecule has 0 saturated heterocycles. The molecule has 4 rings (SSSR count). The van der Waals surface area contributed by atoms with Crippen molar-refractivity contribution in [1.82, 2.24) is 10.2 Å². The van der Waals surface area contributed by atoms with Crippen molar-refractivity contribution < 1.29 is 23.9 Å². The van der Waals surface area contributed by atoms with Gasteiger partial charge in [0.05, 0.1) is 7.11 Å². The molecule has 0 radical (unpaired) electrons. The maximum atomic E-state index is 12.7. The van der Waals surface area contributed by atoms with Crippen LogP contribution in [0.5, 0.6) is 5.75 Å². The summed E-state index contributed by atoms with van der Waals surface area (Å²) in [4.78, 5) is 38.9. The fraction of sp³-hybridized carbons (Fsp3) is 0.409. The summed E-state index contributed by atoms with van der Waals surface area (Å²) < 4.78 is 10.2. The summed E-state index contributed by atoms with van der Waals surface area (Å²) >= 11 is 0. The quantitative estimate of drug-likeness (QED) is 0.578. The molecule has 3 heterocycles. The van der Waals surface area contributed by atoms with E-state index < -0.39 is 12.0 Å². The average molecular weight is 398 g/mol. The van der Waals surface area contributed by atoms with Gasteiger partial charge in [-0.15, -0.1) is 0 Å². The lowest BCUT2D eigenvalue weighted by molar-refractivity contribution is -0.144. The zero-order valence-electron chi connectivity index (χ0n) is 16.6. The lowest BCUT2D eigenvalue weighted by atomic mass is 10.0. The van der Waals surface area contributed by atoms with Gasteiger partial charge in [-0.25, -0.2) is 4.79 Å². The molecule has 4 bridgehead atoms. The zero-order valence-corrected chi connectivity index (χ0v) is 16.6. The number of allylic oxidation sites excluding steroid dienone is 1. The van der Waals surface area contributed by atoms with Crippen LogP contribution in [-0.2, 0) is 25.5 Å². The number of esters is 2. The highest BCUT2D eigenvalue weighted by Gasteiger charge is 2.24. The van der Waals surface area contributed by atoms with Crippen LogP contribution in [0.1, 0.15) is 37.7 Å². The SMILES string of the molecule is COC(=O)[C@@H]1Cc2ccc(cc2)OC(=O)CCCCCN2C=CCC(=C2)C(=O)N1. The Balaban J connectivity index is 1.82. The van der Waals surface area contributed by atoms with Gasteiger partial charge in [0, 0.05) is 31.2 Å². The predicted octanol–water partition coefficient (Wildman–Crippen LogP) is 2.47. The number of hydrogen-bond donors (Lipinski definition) is 1. The van der Waals surface area contributed by atoms with Crippen LogP contribution in [0.3, 0.4) is 0 Å². The maximum absolute atomic E-state index is 12.7. The molecule has 0 spiro atoms. The van der Waals surface area contributed by atoms with Crippen molar-refractivity contribution in [2.24, 2.45) is 0 Å². The third kappa shape index (κ3) is 5.94. The molecule has 0 aromatic heterocycles. The Morgan fingerprint density at radius 3 is 2.72 bits per heavy atom. The van der Waals surface area contributed by atoms with Gasteiger partial charge in [0.2, 0.25) is 5.91 Å².